The number of ether oxygens (including phenoxy) is 2. The molecule has 4 amide bonds. The van der Waals surface area contributed by atoms with Gasteiger partial charge >= 0.3 is 7.12 Å². The molecule has 0 radical (unpaired) electrons. The zero-order chi connectivity index (χ0) is 79.2. The van der Waals surface area contributed by atoms with Gasteiger partial charge in [-0.3, -0.25) is 24.1 Å². The van der Waals surface area contributed by atoms with Crippen LogP contribution in [0.15, 0.2) is 103 Å². The van der Waals surface area contributed by atoms with Gasteiger partial charge in [-0.25, -0.2) is 14.9 Å². The van der Waals surface area contributed by atoms with E-state index in [0.717, 1.165) is 216 Å². The molecule has 6 aliphatic heterocycles. The summed E-state index contributed by atoms with van der Waals surface area (Å²) in [5, 5.41) is 0.634. The van der Waals surface area contributed by atoms with E-state index in [9.17, 15) is 19.2 Å². The fourth-order valence-corrected chi connectivity index (χ4v) is 17.9. The summed E-state index contributed by atoms with van der Waals surface area (Å²) in [6.45, 7) is 36.6. The van der Waals surface area contributed by atoms with Crippen molar-refractivity contribution in [2.75, 3.05) is 31.3 Å². The molecule has 0 spiro atoms. The molecule has 0 saturated carbocycles. The number of aromatic nitrogens is 4. The van der Waals surface area contributed by atoms with Gasteiger partial charge < -0.3 is 28.8 Å². The van der Waals surface area contributed by atoms with Crippen LogP contribution >= 0.6 is 0 Å². The van der Waals surface area contributed by atoms with Crippen molar-refractivity contribution >= 4 is 97.0 Å². The van der Waals surface area contributed by atoms with Gasteiger partial charge in [0.2, 0.25) is 0 Å². The molecule has 2 fully saturated rings. The molecule has 6 aliphatic rings. The van der Waals surface area contributed by atoms with Crippen molar-refractivity contribution < 1.29 is 38.0 Å². The average molecular weight is 1510 g/mol. The molecule has 0 atom stereocenters. The van der Waals surface area contributed by atoms with Crippen molar-refractivity contribution in [3.63, 3.8) is 0 Å². The number of unbranched alkanes of at least 4 members (excludes halogenated alkanes) is 12. The predicted molar refractivity (Wildman–Crippen MR) is 458 cm³/mol. The highest BCUT2D eigenvalue weighted by molar-refractivity contribution is 6.61. The summed E-state index contributed by atoms with van der Waals surface area (Å²) < 4.78 is 26.0. The van der Waals surface area contributed by atoms with E-state index in [0.29, 0.717) is 29.7 Å². The zero-order valence-corrected chi connectivity index (χ0v) is 69.6. The van der Waals surface area contributed by atoms with Crippen molar-refractivity contribution in [2.45, 2.75) is 262 Å². The minimum Gasteiger partial charge on any atom is -0.405 e. The minimum absolute atomic E-state index is 0.0152. The molecule has 15 heteroatoms. The van der Waals surface area contributed by atoms with Gasteiger partial charge in [0.25, 0.3) is 23.6 Å². The van der Waals surface area contributed by atoms with E-state index >= 15 is 0 Å². The minimum atomic E-state index is -0.806. The molecule has 112 heavy (non-hydrogen) atoms. The van der Waals surface area contributed by atoms with Gasteiger partial charge in [-0.2, -0.15) is 0 Å². The van der Waals surface area contributed by atoms with Gasteiger partial charge in [0.1, 0.15) is 0 Å². The molecule has 8 aromatic rings. The first kappa shape index (κ1) is 79.8. The summed E-state index contributed by atoms with van der Waals surface area (Å²) in [7, 11) is -0.806. The number of amides is 4. The summed E-state index contributed by atoms with van der Waals surface area (Å²) in [5.74, 6) is -2.07. The standard InChI is InChI=1S/C97H117BN6O8/c1-17-21-25-29-33-68-58(5)86-82(62-37-39-64(40-38-62)94-109-56-97(15,16)57-110-94)87-59(6)69(34-30-26-22-18-2)78(100-87)53-80-71(36-32-28-24-20-4)61(8)89(102-80)83(88-60(7)70(35-31-27-23-19-3)79(101-88)52-77(68)99-86)63-41-44-66(45-42-63)98-111-54-67(55-112-98)103-90(105)72-46-48-74-85-75(49-47-73(84(72)85)91(103)106)93(108)104(92(74)107)81-51-65(95(9,10)11)43-50-76(81)96(12,13)14/h37-53,67,94,99-100H,17-36,54-57H2,1-16H3. The molecule has 586 valence electrons. The van der Waals surface area contributed by atoms with Crippen molar-refractivity contribution in [1.82, 2.24) is 24.8 Å². The molecule has 2 N–H and O–H groups in total. The lowest BCUT2D eigenvalue weighted by atomic mass is 9.77. The van der Waals surface area contributed by atoms with Crippen LogP contribution in [0.1, 0.15) is 322 Å². The maximum absolute atomic E-state index is 15.0. The smallest absolute Gasteiger partial charge is 0.405 e. The Morgan fingerprint density at radius 1 is 0.491 bits per heavy atom. The SMILES string of the molecule is CCCCCCC1=C(C)c2nc1cc1[nH]c(c(C)c1CCCCCC)c(-c1ccc(C3OCC(C)(C)CO3)cc1)c1[nH]c(cc3nc(c2-c2ccc(B4OCC(N5C(=O)c6ccc7c8c(ccc(c68)C5=O)C(=O)N(c5cc(C(C)(C)C)ccc5C(C)(C)C)C7=O)CO4)cc2)C(C)=C3CCCCCC)c(CCCCCC)c1C. The lowest BCUT2D eigenvalue weighted by molar-refractivity contribution is -0.226. The summed E-state index contributed by atoms with van der Waals surface area (Å²) in [6.07, 6.45) is 21.3. The number of fused-ring (bicyclic) bond motifs is 8. The Balaban J connectivity index is 0.863. The number of carbonyl (C=O) groups is 4. The van der Waals surface area contributed by atoms with Gasteiger partial charge in [-0.1, -0.05) is 221 Å². The van der Waals surface area contributed by atoms with Crippen LogP contribution in [0.5, 0.6) is 0 Å². The maximum atomic E-state index is 15.0. The lowest BCUT2D eigenvalue weighted by Crippen LogP contribution is -2.56. The average Bonchev–Trinajstić information content (AvgIpc) is 0.950. The molecule has 3 aromatic heterocycles. The van der Waals surface area contributed by atoms with E-state index in [1.165, 1.54) is 56.0 Å². The fraction of sp³-hybridized carbons (Fsp3) is 0.464. The van der Waals surface area contributed by atoms with Crippen LogP contribution in [-0.4, -0.2) is 88.1 Å². The van der Waals surface area contributed by atoms with Gasteiger partial charge in [-0.05, 0) is 205 Å². The van der Waals surface area contributed by atoms with Crippen LogP contribution in [0.4, 0.5) is 5.69 Å². The summed E-state index contributed by atoms with van der Waals surface area (Å²) >= 11 is 0. The Kier molecular flexibility index (Phi) is 23.5. The van der Waals surface area contributed by atoms with Crippen LogP contribution in [0.3, 0.4) is 0 Å². The molecule has 9 heterocycles. The van der Waals surface area contributed by atoms with Crippen LogP contribution in [0, 0.1) is 19.3 Å². The number of aromatic amines is 2. The molecule has 8 bridgehead atoms. The summed E-state index contributed by atoms with van der Waals surface area (Å²) in [5.41, 5.74) is 26.9. The van der Waals surface area contributed by atoms with Crippen molar-refractivity contribution in [1.29, 1.82) is 0 Å². The second kappa shape index (κ2) is 32.9. The molecule has 5 aromatic carbocycles. The van der Waals surface area contributed by atoms with Crippen molar-refractivity contribution in [3.8, 4) is 22.3 Å². The Morgan fingerprint density at radius 3 is 1.36 bits per heavy atom. The number of imide groups is 2. The number of hydrogen-bond donors (Lipinski definition) is 2. The third-order valence-corrected chi connectivity index (χ3v) is 24.5. The number of aryl methyl sites for hydroxylation is 4. The van der Waals surface area contributed by atoms with Crippen molar-refractivity contribution in [3.05, 3.63) is 187 Å². The van der Waals surface area contributed by atoms with Crippen LogP contribution < -0.4 is 10.4 Å². The van der Waals surface area contributed by atoms with E-state index in [1.54, 1.807) is 24.3 Å². The Morgan fingerprint density at radius 2 is 0.920 bits per heavy atom. The number of allylic oxidation sites excluding steroid dienone is 4. The molecule has 14 rings (SSSR count). The number of benzene rings is 5. The number of rotatable bonds is 26. The third-order valence-electron chi connectivity index (χ3n) is 24.5. The van der Waals surface area contributed by atoms with E-state index in [1.807, 2.05) is 12.1 Å². The monoisotopic (exact) mass is 1500 g/mol. The second-order valence-electron chi connectivity index (χ2n) is 35.5. The summed E-state index contributed by atoms with van der Waals surface area (Å²) in [4.78, 5) is 82.6. The number of nitrogens with one attached hydrogen (secondary N) is 2. The normalized spacial score (nSPS) is 16.4. The lowest BCUT2D eigenvalue weighted by Gasteiger charge is -2.38. The van der Waals surface area contributed by atoms with Crippen LogP contribution in [-0.2, 0) is 42.5 Å². The number of anilines is 1. The highest BCUT2D eigenvalue weighted by Crippen LogP contribution is 2.48. The first-order valence-corrected chi connectivity index (χ1v) is 42.1. The van der Waals surface area contributed by atoms with E-state index in [4.69, 9.17) is 28.8 Å². The largest absolute Gasteiger partial charge is 0.494 e. The molecule has 14 nitrogen and oxygen atoms in total. The maximum Gasteiger partial charge on any atom is 0.494 e. The molecule has 0 unspecified atom stereocenters. The first-order chi connectivity index (χ1) is 53.7. The number of H-pyrrole nitrogens is 2. The Labute approximate surface area is 664 Å². The predicted octanol–water partition coefficient (Wildman–Crippen LogP) is 23.3. The zero-order valence-electron chi connectivity index (χ0n) is 69.6. The van der Waals surface area contributed by atoms with Crippen molar-refractivity contribution in [2.24, 2.45) is 5.41 Å². The van der Waals surface area contributed by atoms with Gasteiger partial charge in [-0.15, -0.1) is 0 Å². The quantitative estimate of drug-likeness (QED) is 0.0302. The summed E-state index contributed by atoms with van der Waals surface area (Å²) in [6, 6.07) is 34.0. The molecular formula is C97H117BN6O8. The first-order valence-electron chi connectivity index (χ1n) is 42.1. The van der Waals surface area contributed by atoms with Gasteiger partial charge in [0.15, 0.2) is 6.29 Å². The molecular weight excluding hydrogens is 1390 g/mol. The van der Waals surface area contributed by atoms with Gasteiger partial charge in [0, 0.05) is 66.2 Å². The van der Waals surface area contributed by atoms with Gasteiger partial charge in [0.05, 0.1) is 72.0 Å². The Bertz CT molecular complexity index is 5000. The number of hydrogen-bond acceptors (Lipinski definition) is 10. The Hall–Kier alpha value is -8.86. The van der Waals surface area contributed by atoms with Crippen LogP contribution in [0.2, 0.25) is 0 Å². The fourth-order valence-electron chi connectivity index (χ4n) is 17.9. The highest BCUT2D eigenvalue weighted by Gasteiger charge is 2.46. The van der Waals surface area contributed by atoms with E-state index < -0.39 is 48.5 Å². The number of carbonyl (C=O) groups excluding carboxylic acids is 4. The topological polar surface area (TPSA) is 169 Å². The second-order valence-corrected chi connectivity index (χ2v) is 35.5. The number of nitrogens with zero attached hydrogens (tertiary/aromatic N) is 4. The third kappa shape index (κ3) is 15.5. The van der Waals surface area contributed by atoms with Crippen LogP contribution in [0.25, 0.3) is 77.4 Å². The molecule has 2 saturated heterocycles. The van der Waals surface area contributed by atoms with E-state index in [2.05, 4.69) is 187 Å². The van der Waals surface area contributed by atoms with E-state index in [-0.39, 0.29) is 46.3 Å². The molecule has 0 aliphatic carbocycles. The highest BCUT2D eigenvalue weighted by atomic mass is 16.7.